The van der Waals surface area contributed by atoms with E-state index in [-0.39, 0.29) is 5.91 Å². The summed E-state index contributed by atoms with van der Waals surface area (Å²) in [6.45, 7) is 7.91. The van der Waals surface area contributed by atoms with Crippen LogP contribution in [0.4, 0.5) is 11.4 Å². The van der Waals surface area contributed by atoms with Gasteiger partial charge >= 0.3 is 0 Å². The summed E-state index contributed by atoms with van der Waals surface area (Å²) in [7, 11) is 0. The van der Waals surface area contributed by atoms with Gasteiger partial charge in [-0.05, 0) is 26.0 Å². The summed E-state index contributed by atoms with van der Waals surface area (Å²) in [4.78, 5) is 15.8. The van der Waals surface area contributed by atoms with Gasteiger partial charge in [0.25, 0.3) is 0 Å². The van der Waals surface area contributed by atoms with E-state index in [2.05, 4.69) is 10.2 Å². The zero-order valence-corrected chi connectivity index (χ0v) is 17.8. The van der Waals surface area contributed by atoms with E-state index in [4.69, 9.17) is 14.2 Å². The number of carbonyl (C=O) groups excluding carboxylic acids is 1. The third kappa shape index (κ3) is 6.05. The molecule has 7 heteroatoms. The molecule has 0 spiro atoms. The molecule has 0 unspecified atom stereocenters. The second-order valence-corrected chi connectivity index (χ2v) is 7.48. The number of anilines is 2. The van der Waals surface area contributed by atoms with Crippen molar-refractivity contribution in [3.63, 3.8) is 0 Å². The van der Waals surface area contributed by atoms with Crippen LogP contribution in [0.5, 0.6) is 11.5 Å². The first kappa shape index (κ1) is 21.3. The van der Waals surface area contributed by atoms with Crippen molar-refractivity contribution in [2.75, 3.05) is 55.5 Å². The van der Waals surface area contributed by atoms with Crippen LogP contribution in [0.1, 0.15) is 13.8 Å². The minimum Gasteiger partial charge on any atom is -0.492 e. The summed E-state index contributed by atoms with van der Waals surface area (Å²) in [6.07, 6.45) is 0. The summed E-state index contributed by atoms with van der Waals surface area (Å²) in [5, 5.41) is 2.99. The minimum absolute atomic E-state index is 0.0821. The van der Waals surface area contributed by atoms with Crippen LogP contribution in [0, 0.1) is 0 Å². The van der Waals surface area contributed by atoms with Crippen LogP contribution in [0.25, 0.3) is 0 Å². The lowest BCUT2D eigenvalue weighted by Gasteiger charge is -2.31. The second kappa shape index (κ2) is 11.0. The molecule has 29 heavy (non-hydrogen) atoms. The summed E-state index contributed by atoms with van der Waals surface area (Å²) >= 11 is 1.50. The number of thioether (sulfide) groups is 1. The molecule has 0 saturated carbocycles. The smallest absolute Gasteiger partial charge is 0.234 e. The maximum absolute atomic E-state index is 12.5. The normalized spacial score (nSPS) is 13.8. The largest absolute Gasteiger partial charge is 0.492 e. The zero-order valence-electron chi connectivity index (χ0n) is 17.0. The second-order valence-electron chi connectivity index (χ2n) is 6.43. The zero-order chi connectivity index (χ0) is 20.5. The number of rotatable bonds is 9. The van der Waals surface area contributed by atoms with Gasteiger partial charge in [0.1, 0.15) is 11.5 Å². The number of morpholine rings is 1. The number of hydrogen-bond acceptors (Lipinski definition) is 6. The van der Waals surface area contributed by atoms with Crippen molar-refractivity contribution in [2.45, 2.75) is 18.7 Å². The van der Waals surface area contributed by atoms with Crippen LogP contribution in [-0.2, 0) is 9.53 Å². The number of hydrogen-bond donors (Lipinski definition) is 1. The summed E-state index contributed by atoms with van der Waals surface area (Å²) < 4.78 is 17.2. The van der Waals surface area contributed by atoms with Crippen molar-refractivity contribution in [1.29, 1.82) is 0 Å². The number of nitrogens with zero attached hydrogens (tertiary/aromatic N) is 1. The third-order valence-corrected chi connectivity index (χ3v) is 5.41. The van der Waals surface area contributed by atoms with Crippen LogP contribution >= 0.6 is 11.8 Å². The lowest BCUT2D eigenvalue weighted by molar-refractivity contribution is -0.113. The van der Waals surface area contributed by atoms with Crippen molar-refractivity contribution in [2.24, 2.45) is 0 Å². The molecule has 2 aromatic carbocycles. The van der Waals surface area contributed by atoms with Gasteiger partial charge in [-0.1, -0.05) is 18.2 Å². The molecule has 1 N–H and O–H groups in total. The van der Waals surface area contributed by atoms with Gasteiger partial charge in [-0.15, -0.1) is 11.8 Å². The van der Waals surface area contributed by atoms with Gasteiger partial charge in [0.15, 0.2) is 0 Å². The number of carbonyl (C=O) groups is 1. The fourth-order valence-corrected chi connectivity index (χ4v) is 3.82. The molecule has 0 aliphatic carbocycles. The predicted octanol–water partition coefficient (Wildman–Crippen LogP) is 4.05. The van der Waals surface area contributed by atoms with E-state index in [1.54, 1.807) is 0 Å². The Balaban J connectivity index is 1.78. The number of nitrogens with one attached hydrogen (secondary N) is 1. The van der Waals surface area contributed by atoms with Crippen LogP contribution in [0.15, 0.2) is 47.4 Å². The predicted molar refractivity (Wildman–Crippen MR) is 118 cm³/mol. The van der Waals surface area contributed by atoms with Crippen LogP contribution < -0.4 is 19.7 Å². The Hall–Kier alpha value is -2.38. The Morgan fingerprint density at radius 3 is 2.45 bits per heavy atom. The highest BCUT2D eigenvalue weighted by Gasteiger charge is 2.20. The molecule has 2 aromatic rings. The van der Waals surface area contributed by atoms with Gasteiger partial charge in [-0.3, -0.25) is 4.79 Å². The molecule has 1 amide bonds. The van der Waals surface area contributed by atoms with E-state index < -0.39 is 0 Å². The molecule has 1 heterocycles. The quantitative estimate of drug-likeness (QED) is 0.623. The molecular weight excluding hydrogens is 388 g/mol. The Morgan fingerprint density at radius 2 is 1.76 bits per heavy atom. The van der Waals surface area contributed by atoms with E-state index >= 15 is 0 Å². The number of ether oxygens (including phenoxy) is 3. The fourth-order valence-electron chi connectivity index (χ4n) is 3.10. The molecule has 0 aromatic heterocycles. The van der Waals surface area contributed by atoms with Crippen LogP contribution in [-0.4, -0.2) is 51.2 Å². The van der Waals surface area contributed by atoms with Gasteiger partial charge in [0, 0.05) is 30.1 Å². The van der Waals surface area contributed by atoms with E-state index in [0.29, 0.717) is 43.6 Å². The maximum Gasteiger partial charge on any atom is 0.234 e. The first-order chi connectivity index (χ1) is 14.2. The standard InChI is InChI=1S/C22H28N2O4S/c1-3-27-20-15-19(24-10-12-26-13-11-24)21(28-4-2)14-18(20)23-22(25)16-29-17-8-6-5-7-9-17/h5-9,14-15H,3-4,10-13,16H2,1-2H3,(H,23,25). The molecule has 0 atom stereocenters. The van der Waals surface area contributed by atoms with Gasteiger partial charge in [-0.2, -0.15) is 0 Å². The molecule has 0 radical (unpaired) electrons. The van der Waals surface area contributed by atoms with E-state index in [0.717, 1.165) is 29.4 Å². The van der Waals surface area contributed by atoms with E-state index in [1.807, 2.05) is 56.3 Å². The highest BCUT2D eigenvalue weighted by Crippen LogP contribution is 2.39. The van der Waals surface area contributed by atoms with Gasteiger partial charge in [0.2, 0.25) is 5.91 Å². The molecule has 1 aliphatic heterocycles. The maximum atomic E-state index is 12.5. The molecular formula is C22H28N2O4S. The van der Waals surface area contributed by atoms with E-state index in [1.165, 1.54) is 11.8 Å². The SMILES string of the molecule is CCOc1cc(N2CCOCC2)c(OCC)cc1NC(=O)CSc1ccccc1. The minimum atomic E-state index is -0.0821. The lowest BCUT2D eigenvalue weighted by Crippen LogP contribution is -2.36. The number of amides is 1. The van der Waals surface area contributed by atoms with Gasteiger partial charge in [-0.25, -0.2) is 0 Å². The van der Waals surface area contributed by atoms with E-state index in [9.17, 15) is 4.79 Å². The molecule has 6 nitrogen and oxygen atoms in total. The van der Waals surface area contributed by atoms with Crippen molar-refractivity contribution in [3.8, 4) is 11.5 Å². The third-order valence-electron chi connectivity index (χ3n) is 4.40. The Morgan fingerprint density at radius 1 is 1.07 bits per heavy atom. The van der Waals surface area contributed by atoms with Gasteiger partial charge < -0.3 is 24.4 Å². The van der Waals surface area contributed by atoms with Crippen molar-refractivity contribution < 1.29 is 19.0 Å². The summed E-state index contributed by atoms with van der Waals surface area (Å²) in [6, 6.07) is 13.7. The average Bonchev–Trinajstić information content (AvgIpc) is 2.75. The Bertz CT molecular complexity index is 795. The summed E-state index contributed by atoms with van der Waals surface area (Å²) in [5.74, 6) is 1.63. The molecule has 0 bridgehead atoms. The molecule has 1 saturated heterocycles. The van der Waals surface area contributed by atoms with Gasteiger partial charge in [0.05, 0.1) is 43.6 Å². The Labute approximate surface area is 176 Å². The van der Waals surface area contributed by atoms with Crippen molar-refractivity contribution in [3.05, 3.63) is 42.5 Å². The molecule has 1 fully saturated rings. The average molecular weight is 417 g/mol. The van der Waals surface area contributed by atoms with Crippen molar-refractivity contribution in [1.82, 2.24) is 0 Å². The van der Waals surface area contributed by atoms with Crippen LogP contribution in [0.2, 0.25) is 0 Å². The monoisotopic (exact) mass is 416 g/mol. The highest BCUT2D eigenvalue weighted by molar-refractivity contribution is 8.00. The topological polar surface area (TPSA) is 60.0 Å². The van der Waals surface area contributed by atoms with Crippen molar-refractivity contribution >= 4 is 29.0 Å². The number of benzene rings is 2. The molecule has 156 valence electrons. The molecule has 1 aliphatic rings. The summed E-state index contributed by atoms with van der Waals surface area (Å²) in [5.41, 5.74) is 1.60. The molecule has 3 rings (SSSR count). The Kier molecular flexibility index (Phi) is 8.07. The van der Waals surface area contributed by atoms with Crippen LogP contribution in [0.3, 0.4) is 0 Å². The highest BCUT2D eigenvalue weighted by atomic mass is 32.2. The lowest BCUT2D eigenvalue weighted by atomic mass is 10.2. The first-order valence-corrected chi connectivity index (χ1v) is 10.9. The fraction of sp³-hybridized carbons (Fsp3) is 0.409. The first-order valence-electron chi connectivity index (χ1n) is 9.95.